The van der Waals surface area contributed by atoms with E-state index in [9.17, 15) is 0 Å². The second-order valence-electron chi connectivity index (χ2n) is 2.73. The van der Waals surface area contributed by atoms with E-state index in [1.54, 1.807) is 0 Å². The van der Waals surface area contributed by atoms with E-state index in [0.29, 0.717) is 0 Å². The number of aliphatic hydroxyl groups is 2. The van der Waals surface area contributed by atoms with Crippen LogP contribution >= 0.6 is 0 Å². The third kappa shape index (κ3) is 1.08. The normalized spacial score (nSPS) is 52.0. The van der Waals surface area contributed by atoms with Gasteiger partial charge < -0.3 is 15.5 Å². The average molecular weight is 131 g/mol. The molecule has 0 aromatic carbocycles. The predicted molar refractivity (Wildman–Crippen MR) is 34.1 cm³/mol. The van der Waals surface area contributed by atoms with Gasteiger partial charge in [0, 0.05) is 12.1 Å². The van der Waals surface area contributed by atoms with Crippen LogP contribution in [0.3, 0.4) is 0 Å². The van der Waals surface area contributed by atoms with Crippen LogP contribution in [0, 0.1) is 0 Å². The van der Waals surface area contributed by atoms with Gasteiger partial charge >= 0.3 is 0 Å². The maximum absolute atomic E-state index is 9.12. The minimum atomic E-state index is -0.597. The Hall–Kier alpha value is -0.120. The monoisotopic (exact) mass is 131 g/mol. The summed E-state index contributed by atoms with van der Waals surface area (Å²) in [5.74, 6) is 0. The van der Waals surface area contributed by atoms with Crippen LogP contribution in [0.15, 0.2) is 0 Å². The molecule has 4 atom stereocenters. The third-order valence-electron chi connectivity index (χ3n) is 1.90. The highest BCUT2D eigenvalue weighted by Crippen LogP contribution is 2.12. The van der Waals surface area contributed by atoms with Gasteiger partial charge in [-0.3, -0.25) is 0 Å². The van der Waals surface area contributed by atoms with Crippen molar-refractivity contribution in [1.29, 1.82) is 0 Å². The molecule has 1 aliphatic rings. The summed E-state index contributed by atoms with van der Waals surface area (Å²) in [6, 6.07) is 0.0463. The molecule has 0 aliphatic carbocycles. The minimum Gasteiger partial charge on any atom is -0.389 e. The molecule has 0 aromatic heterocycles. The first-order valence-corrected chi connectivity index (χ1v) is 3.25. The maximum atomic E-state index is 9.12. The molecule has 2 unspecified atom stereocenters. The van der Waals surface area contributed by atoms with Gasteiger partial charge in [-0.1, -0.05) is 0 Å². The van der Waals surface area contributed by atoms with Gasteiger partial charge in [-0.25, -0.2) is 0 Å². The molecule has 0 aromatic rings. The first-order valence-electron chi connectivity index (χ1n) is 3.25. The van der Waals surface area contributed by atoms with Gasteiger partial charge in [0.15, 0.2) is 0 Å². The van der Waals surface area contributed by atoms with Gasteiger partial charge in [0.05, 0.1) is 12.2 Å². The lowest BCUT2D eigenvalue weighted by atomic mass is 10.1. The Bertz CT molecular complexity index is 95.2. The summed E-state index contributed by atoms with van der Waals surface area (Å²) in [5, 5.41) is 21.3. The molecule has 0 radical (unpaired) electrons. The second kappa shape index (κ2) is 2.25. The molecule has 3 heteroatoms. The minimum absolute atomic E-state index is 0.0231. The standard InChI is InChI=1S/C6H13NO2/c1-3-5(8)6(9)4(2)7-3/h3-9H,1-2H3/t3-,4?,5-,6?/m1/s1. The number of hydrogen-bond donors (Lipinski definition) is 3. The van der Waals surface area contributed by atoms with Crippen LogP contribution in [0.5, 0.6) is 0 Å². The van der Waals surface area contributed by atoms with E-state index in [2.05, 4.69) is 5.32 Å². The number of hydrogen-bond acceptors (Lipinski definition) is 3. The molecule has 1 aliphatic heterocycles. The van der Waals surface area contributed by atoms with Gasteiger partial charge in [0.25, 0.3) is 0 Å². The fourth-order valence-electron chi connectivity index (χ4n) is 1.20. The molecule has 54 valence electrons. The van der Waals surface area contributed by atoms with Crippen LogP contribution in [-0.4, -0.2) is 34.5 Å². The topological polar surface area (TPSA) is 52.5 Å². The molecular formula is C6H13NO2. The van der Waals surface area contributed by atoms with Crippen LogP contribution in [-0.2, 0) is 0 Å². The van der Waals surface area contributed by atoms with E-state index in [1.165, 1.54) is 0 Å². The fraction of sp³-hybridized carbons (Fsp3) is 1.00. The van der Waals surface area contributed by atoms with E-state index in [0.717, 1.165) is 0 Å². The maximum Gasteiger partial charge on any atom is 0.0964 e. The third-order valence-corrected chi connectivity index (χ3v) is 1.90. The van der Waals surface area contributed by atoms with Gasteiger partial charge in [0.1, 0.15) is 0 Å². The molecule has 0 saturated carbocycles. The molecule has 0 amide bonds. The molecule has 0 bridgehead atoms. The second-order valence-corrected chi connectivity index (χ2v) is 2.73. The summed E-state index contributed by atoms with van der Waals surface area (Å²) in [4.78, 5) is 0. The number of nitrogens with one attached hydrogen (secondary N) is 1. The highest BCUT2D eigenvalue weighted by molar-refractivity contribution is 4.93. The summed E-state index contributed by atoms with van der Waals surface area (Å²) in [6.45, 7) is 3.72. The van der Waals surface area contributed by atoms with Crippen molar-refractivity contribution in [1.82, 2.24) is 5.32 Å². The Morgan fingerprint density at radius 2 is 1.33 bits per heavy atom. The Labute approximate surface area is 54.7 Å². The van der Waals surface area contributed by atoms with Crippen LogP contribution in [0.25, 0.3) is 0 Å². The van der Waals surface area contributed by atoms with Crippen molar-refractivity contribution in [3.63, 3.8) is 0 Å². The molecule has 3 nitrogen and oxygen atoms in total. The summed E-state index contributed by atoms with van der Waals surface area (Å²) >= 11 is 0. The van der Waals surface area contributed by atoms with Crippen LogP contribution in [0.2, 0.25) is 0 Å². The van der Waals surface area contributed by atoms with Crippen molar-refractivity contribution in [2.45, 2.75) is 38.1 Å². The zero-order valence-corrected chi connectivity index (χ0v) is 5.70. The lowest BCUT2D eigenvalue weighted by Crippen LogP contribution is -2.30. The Morgan fingerprint density at radius 1 is 1.00 bits per heavy atom. The van der Waals surface area contributed by atoms with Gasteiger partial charge in [-0.2, -0.15) is 0 Å². The van der Waals surface area contributed by atoms with Crippen molar-refractivity contribution in [3.8, 4) is 0 Å². The average Bonchev–Trinajstić information content (AvgIpc) is 1.98. The Kier molecular flexibility index (Phi) is 1.75. The quantitative estimate of drug-likeness (QED) is 0.399. The van der Waals surface area contributed by atoms with Crippen LogP contribution in [0.1, 0.15) is 13.8 Å². The molecule has 1 heterocycles. The molecule has 3 N–H and O–H groups in total. The van der Waals surface area contributed by atoms with Crippen molar-refractivity contribution >= 4 is 0 Å². The first kappa shape index (κ1) is 6.99. The van der Waals surface area contributed by atoms with Gasteiger partial charge in [0.2, 0.25) is 0 Å². The van der Waals surface area contributed by atoms with E-state index in [1.807, 2.05) is 13.8 Å². The SMILES string of the molecule is CC1N[C@H](C)[C@@H](O)C1O. The van der Waals surface area contributed by atoms with Crippen molar-refractivity contribution in [2.24, 2.45) is 0 Å². The largest absolute Gasteiger partial charge is 0.389 e. The molecule has 1 rings (SSSR count). The Morgan fingerprint density at radius 3 is 1.44 bits per heavy atom. The smallest absolute Gasteiger partial charge is 0.0964 e. The molecule has 9 heavy (non-hydrogen) atoms. The fourth-order valence-corrected chi connectivity index (χ4v) is 1.20. The zero-order valence-electron chi connectivity index (χ0n) is 5.70. The predicted octanol–water partition coefficient (Wildman–Crippen LogP) is -0.912. The molecule has 1 fully saturated rings. The number of rotatable bonds is 0. The molecular weight excluding hydrogens is 118 g/mol. The molecule has 1 saturated heterocycles. The zero-order chi connectivity index (χ0) is 7.02. The van der Waals surface area contributed by atoms with E-state index >= 15 is 0 Å². The summed E-state index contributed by atoms with van der Waals surface area (Å²) in [5.41, 5.74) is 0. The van der Waals surface area contributed by atoms with Gasteiger partial charge in [-0.15, -0.1) is 0 Å². The van der Waals surface area contributed by atoms with Gasteiger partial charge in [-0.05, 0) is 13.8 Å². The highest BCUT2D eigenvalue weighted by Gasteiger charge is 2.35. The van der Waals surface area contributed by atoms with E-state index in [4.69, 9.17) is 10.2 Å². The number of aliphatic hydroxyl groups excluding tert-OH is 2. The van der Waals surface area contributed by atoms with E-state index in [-0.39, 0.29) is 12.1 Å². The summed E-state index contributed by atoms with van der Waals surface area (Å²) in [6.07, 6.45) is -1.19. The first-order chi connectivity index (χ1) is 4.13. The molecule has 0 spiro atoms. The lowest BCUT2D eigenvalue weighted by molar-refractivity contribution is 0.0327. The summed E-state index contributed by atoms with van der Waals surface area (Å²) < 4.78 is 0. The van der Waals surface area contributed by atoms with E-state index < -0.39 is 12.2 Å². The highest BCUT2D eigenvalue weighted by atomic mass is 16.3. The summed E-state index contributed by atoms with van der Waals surface area (Å²) in [7, 11) is 0. The van der Waals surface area contributed by atoms with Crippen molar-refractivity contribution < 1.29 is 10.2 Å². The Balaban J connectivity index is 2.54. The van der Waals surface area contributed by atoms with Crippen LogP contribution < -0.4 is 5.32 Å². The van der Waals surface area contributed by atoms with Crippen LogP contribution in [0.4, 0.5) is 0 Å². The van der Waals surface area contributed by atoms with Crippen molar-refractivity contribution in [3.05, 3.63) is 0 Å². The lowest BCUT2D eigenvalue weighted by Gasteiger charge is -2.10. The van der Waals surface area contributed by atoms with Crippen molar-refractivity contribution in [2.75, 3.05) is 0 Å².